The highest BCUT2D eigenvalue weighted by molar-refractivity contribution is 6.10. The van der Waals surface area contributed by atoms with Crippen LogP contribution in [0.15, 0.2) is 146 Å². The zero-order valence-electron chi connectivity index (χ0n) is 36.8. The lowest BCUT2D eigenvalue weighted by Gasteiger charge is -2.26. The fourth-order valence-corrected chi connectivity index (χ4v) is 8.67. The summed E-state index contributed by atoms with van der Waals surface area (Å²) in [5, 5.41) is 2.36. The number of hydrogen-bond acceptors (Lipinski definition) is 4. The molecular weight excluding hydrogens is 733 g/mol. The Hall–Kier alpha value is -6.33. The molecular formula is C55H56N4O. The standard InChI is InChI=1S/C55H56N4O/c1-36-28-50-51(29-37(36)2)58(35-57(50)42-19-14-18-39(30-42)53(3,4)5)43-20-15-21-44(33-43)60-45-23-24-46-47-31-41(55(9,10)38-16-12-11-13-17-38)22-25-48(47)59(49(46)34-45)52-32-40(26-27-56-52)54(6,7)8/h11-34H,35H2,1-10H3. The Bertz CT molecular complexity index is 2910. The van der Waals surface area contributed by atoms with Crippen LogP contribution < -0.4 is 14.5 Å². The van der Waals surface area contributed by atoms with Crippen molar-refractivity contribution in [1.29, 1.82) is 0 Å². The third kappa shape index (κ3) is 7.00. The summed E-state index contributed by atoms with van der Waals surface area (Å²) in [5.74, 6) is 2.45. The molecule has 0 saturated carbocycles. The molecule has 9 rings (SSSR count). The number of ether oxygens (including phenoxy) is 1. The van der Waals surface area contributed by atoms with Gasteiger partial charge in [-0.1, -0.05) is 110 Å². The second-order valence-electron chi connectivity index (χ2n) is 19.2. The largest absolute Gasteiger partial charge is 0.457 e. The Labute approximate surface area is 355 Å². The van der Waals surface area contributed by atoms with Gasteiger partial charge in [0.1, 0.15) is 24.0 Å². The van der Waals surface area contributed by atoms with Crippen molar-refractivity contribution in [2.45, 2.75) is 85.5 Å². The van der Waals surface area contributed by atoms with Gasteiger partial charge in [-0.25, -0.2) is 4.98 Å². The molecule has 0 radical (unpaired) electrons. The maximum absolute atomic E-state index is 6.81. The summed E-state index contributed by atoms with van der Waals surface area (Å²) < 4.78 is 9.11. The minimum absolute atomic E-state index is 0.0243. The van der Waals surface area contributed by atoms with Gasteiger partial charge >= 0.3 is 0 Å². The molecule has 0 bridgehead atoms. The van der Waals surface area contributed by atoms with E-state index in [0.717, 1.165) is 39.4 Å². The van der Waals surface area contributed by atoms with Crippen molar-refractivity contribution in [3.05, 3.63) is 179 Å². The molecule has 0 atom stereocenters. The first-order valence-corrected chi connectivity index (χ1v) is 21.2. The smallest absolute Gasteiger partial charge is 0.137 e. The number of benzene rings is 6. The Morgan fingerprint density at radius 3 is 1.78 bits per heavy atom. The summed E-state index contributed by atoms with van der Waals surface area (Å²) in [6.45, 7) is 23.3. The van der Waals surface area contributed by atoms with Crippen molar-refractivity contribution in [2.24, 2.45) is 0 Å². The number of anilines is 4. The van der Waals surface area contributed by atoms with Crippen molar-refractivity contribution in [3.8, 4) is 17.3 Å². The summed E-state index contributed by atoms with van der Waals surface area (Å²) in [6, 6.07) is 50.7. The molecule has 6 aromatic carbocycles. The van der Waals surface area contributed by atoms with Gasteiger partial charge in [-0.15, -0.1) is 0 Å². The van der Waals surface area contributed by atoms with E-state index in [9.17, 15) is 0 Å². The van der Waals surface area contributed by atoms with Crippen molar-refractivity contribution in [1.82, 2.24) is 9.55 Å². The van der Waals surface area contributed by atoms with Gasteiger partial charge in [0.15, 0.2) is 0 Å². The number of aromatic nitrogens is 2. The molecule has 3 heterocycles. The van der Waals surface area contributed by atoms with Crippen molar-refractivity contribution < 1.29 is 4.74 Å². The number of rotatable bonds is 7. The van der Waals surface area contributed by atoms with Crippen LogP contribution in [0.4, 0.5) is 22.7 Å². The van der Waals surface area contributed by atoms with Crippen LogP contribution in [0.3, 0.4) is 0 Å². The molecule has 0 amide bonds. The van der Waals surface area contributed by atoms with Crippen LogP contribution in [-0.2, 0) is 16.2 Å². The Morgan fingerprint density at radius 2 is 1.10 bits per heavy atom. The average molecular weight is 789 g/mol. The summed E-state index contributed by atoms with van der Waals surface area (Å²) >= 11 is 0. The van der Waals surface area contributed by atoms with Crippen LogP contribution in [0.1, 0.15) is 88.8 Å². The van der Waals surface area contributed by atoms with E-state index in [0.29, 0.717) is 6.67 Å². The molecule has 0 unspecified atom stereocenters. The molecule has 1 aliphatic rings. The van der Waals surface area contributed by atoms with Gasteiger partial charge in [0.05, 0.1) is 22.4 Å². The quantitative estimate of drug-likeness (QED) is 0.161. The monoisotopic (exact) mass is 788 g/mol. The molecule has 60 heavy (non-hydrogen) atoms. The minimum Gasteiger partial charge on any atom is -0.457 e. The maximum Gasteiger partial charge on any atom is 0.137 e. The van der Waals surface area contributed by atoms with E-state index in [1.54, 1.807) is 0 Å². The number of nitrogens with zero attached hydrogens (tertiary/aromatic N) is 4. The number of aryl methyl sites for hydroxylation is 2. The van der Waals surface area contributed by atoms with Gasteiger partial charge in [0, 0.05) is 45.9 Å². The zero-order chi connectivity index (χ0) is 42.1. The molecule has 2 aromatic heterocycles. The summed E-state index contributed by atoms with van der Waals surface area (Å²) in [6.07, 6.45) is 1.94. The van der Waals surface area contributed by atoms with E-state index in [1.807, 2.05) is 6.20 Å². The van der Waals surface area contributed by atoms with E-state index in [1.165, 1.54) is 55.8 Å². The molecule has 1 aliphatic heterocycles. The minimum atomic E-state index is -0.177. The van der Waals surface area contributed by atoms with E-state index >= 15 is 0 Å². The topological polar surface area (TPSA) is 33.5 Å². The second-order valence-corrected chi connectivity index (χ2v) is 19.2. The van der Waals surface area contributed by atoms with Gasteiger partial charge < -0.3 is 14.5 Å². The molecule has 8 aromatic rings. The van der Waals surface area contributed by atoms with E-state index in [-0.39, 0.29) is 16.2 Å². The molecule has 5 heteroatoms. The first-order valence-electron chi connectivity index (χ1n) is 21.2. The predicted octanol–water partition coefficient (Wildman–Crippen LogP) is 14.8. The number of fused-ring (bicyclic) bond motifs is 4. The molecule has 0 fully saturated rings. The molecule has 302 valence electrons. The van der Waals surface area contributed by atoms with E-state index < -0.39 is 0 Å². The number of hydrogen-bond donors (Lipinski definition) is 0. The fraction of sp³-hybridized carbons (Fsp3) is 0.255. The van der Waals surface area contributed by atoms with Crippen molar-refractivity contribution >= 4 is 44.6 Å². The van der Waals surface area contributed by atoms with Crippen LogP contribution in [0.25, 0.3) is 27.6 Å². The molecule has 5 nitrogen and oxygen atoms in total. The summed E-state index contributed by atoms with van der Waals surface area (Å²) in [4.78, 5) is 9.81. The zero-order valence-corrected chi connectivity index (χ0v) is 36.8. The van der Waals surface area contributed by atoms with Gasteiger partial charge in [-0.05, 0) is 131 Å². The average Bonchev–Trinajstić information content (AvgIpc) is 3.75. The normalized spacial score (nSPS) is 13.4. The first kappa shape index (κ1) is 39.1. The summed E-state index contributed by atoms with van der Waals surface area (Å²) in [7, 11) is 0. The van der Waals surface area contributed by atoms with Crippen LogP contribution >= 0.6 is 0 Å². The van der Waals surface area contributed by atoms with Crippen molar-refractivity contribution in [2.75, 3.05) is 16.5 Å². The Kier molecular flexibility index (Phi) is 9.42. The Balaban J connectivity index is 1.11. The van der Waals surface area contributed by atoms with Gasteiger partial charge in [0.2, 0.25) is 0 Å². The van der Waals surface area contributed by atoms with Gasteiger partial charge in [-0.2, -0.15) is 0 Å². The van der Waals surface area contributed by atoms with Crippen molar-refractivity contribution in [3.63, 3.8) is 0 Å². The van der Waals surface area contributed by atoms with Crippen LogP contribution in [0, 0.1) is 13.8 Å². The number of pyridine rings is 1. The second kappa shape index (κ2) is 14.4. The highest BCUT2D eigenvalue weighted by atomic mass is 16.5. The maximum atomic E-state index is 6.81. The third-order valence-electron chi connectivity index (χ3n) is 12.6. The highest BCUT2D eigenvalue weighted by Crippen LogP contribution is 2.47. The lowest BCUT2D eigenvalue weighted by atomic mass is 9.78. The van der Waals surface area contributed by atoms with Gasteiger partial charge in [0.25, 0.3) is 0 Å². The molecule has 0 spiro atoms. The highest BCUT2D eigenvalue weighted by Gasteiger charge is 2.30. The van der Waals surface area contributed by atoms with Crippen LogP contribution in [-0.4, -0.2) is 16.2 Å². The third-order valence-corrected chi connectivity index (χ3v) is 12.6. The summed E-state index contributed by atoms with van der Waals surface area (Å²) in [5.41, 5.74) is 14.4. The lowest BCUT2D eigenvalue weighted by molar-refractivity contribution is 0.483. The predicted molar refractivity (Wildman–Crippen MR) is 253 cm³/mol. The molecule has 0 saturated heterocycles. The lowest BCUT2D eigenvalue weighted by Crippen LogP contribution is -2.24. The van der Waals surface area contributed by atoms with Crippen LogP contribution in [0.2, 0.25) is 0 Å². The SMILES string of the molecule is Cc1cc2c(cc1C)N(c1cccc(C(C)(C)C)c1)CN2c1cccc(Oc2ccc3c4cc(C(C)(C)c5ccccc5)ccc4n(-c4cc(C(C)(C)C)ccn4)c3c2)c1. The van der Waals surface area contributed by atoms with Gasteiger partial charge in [-0.3, -0.25) is 4.57 Å². The first-order chi connectivity index (χ1) is 28.6. The van der Waals surface area contributed by atoms with Crippen LogP contribution in [0.5, 0.6) is 11.5 Å². The Morgan fingerprint density at radius 1 is 0.483 bits per heavy atom. The molecule has 0 aliphatic carbocycles. The fourth-order valence-electron chi connectivity index (χ4n) is 8.67. The molecule has 0 N–H and O–H groups in total. The van der Waals surface area contributed by atoms with E-state index in [2.05, 4.69) is 223 Å². The van der Waals surface area contributed by atoms with E-state index in [4.69, 9.17) is 9.72 Å².